The Bertz CT molecular complexity index is 605. The minimum atomic E-state index is 0.116. The van der Waals surface area contributed by atoms with Crippen molar-refractivity contribution in [2.24, 2.45) is 0 Å². The maximum absolute atomic E-state index is 12.6. The van der Waals surface area contributed by atoms with E-state index in [1.165, 1.54) is 5.56 Å². The first-order chi connectivity index (χ1) is 9.67. The molecule has 3 nitrogen and oxygen atoms in total. The number of hydrogen-bond donors (Lipinski definition) is 1. The van der Waals surface area contributed by atoms with Crippen LogP contribution in [-0.4, -0.2) is 9.78 Å². The Balaban J connectivity index is 2.43. The van der Waals surface area contributed by atoms with Gasteiger partial charge in [0.15, 0.2) is 0 Å². The Morgan fingerprint density at radius 2 is 1.75 bits per heavy atom. The lowest BCUT2D eigenvalue weighted by Gasteiger charge is -2.02. The number of rotatable bonds is 6. The Morgan fingerprint density at radius 3 is 2.35 bits per heavy atom. The topological polar surface area (TPSA) is 37.8 Å². The van der Waals surface area contributed by atoms with E-state index in [2.05, 4.69) is 25.9 Å². The number of nitrogens with zero attached hydrogens (tertiary/aromatic N) is 1. The van der Waals surface area contributed by atoms with Crippen LogP contribution in [0.1, 0.15) is 49.9 Å². The van der Waals surface area contributed by atoms with Crippen molar-refractivity contribution in [3.8, 4) is 5.69 Å². The molecular weight excluding hydrogens is 248 g/mol. The van der Waals surface area contributed by atoms with E-state index in [-0.39, 0.29) is 5.56 Å². The second-order valence-corrected chi connectivity index (χ2v) is 5.40. The quantitative estimate of drug-likeness (QED) is 0.854. The van der Waals surface area contributed by atoms with Gasteiger partial charge in [0.25, 0.3) is 5.56 Å². The van der Waals surface area contributed by atoms with Crippen molar-refractivity contribution in [1.82, 2.24) is 9.78 Å². The van der Waals surface area contributed by atoms with Crippen molar-refractivity contribution in [2.45, 2.75) is 52.9 Å². The third-order valence-electron chi connectivity index (χ3n) is 3.64. The summed E-state index contributed by atoms with van der Waals surface area (Å²) in [6.45, 7) is 6.35. The Kier molecular flexibility index (Phi) is 4.83. The first kappa shape index (κ1) is 14.6. The summed E-state index contributed by atoms with van der Waals surface area (Å²) >= 11 is 0. The maximum atomic E-state index is 12.6. The molecule has 0 unspecified atom stereocenters. The molecule has 0 atom stereocenters. The molecule has 108 valence electrons. The smallest absolute Gasteiger partial charge is 0.274 e. The molecule has 1 aromatic carbocycles. The van der Waals surface area contributed by atoms with Gasteiger partial charge in [-0.3, -0.25) is 9.89 Å². The molecule has 0 aliphatic carbocycles. The van der Waals surface area contributed by atoms with Gasteiger partial charge in [-0.2, -0.15) is 0 Å². The van der Waals surface area contributed by atoms with Gasteiger partial charge in [-0.15, -0.1) is 0 Å². The molecule has 0 saturated heterocycles. The average Bonchev–Trinajstić information content (AvgIpc) is 2.75. The SMILES string of the molecule is CCCCc1c(CCC)[nH]n(-c2ccc(C)cc2)c1=O. The highest BCUT2D eigenvalue weighted by Gasteiger charge is 2.13. The van der Waals surface area contributed by atoms with E-state index in [0.717, 1.165) is 49.0 Å². The van der Waals surface area contributed by atoms with Crippen LogP contribution in [0.15, 0.2) is 29.1 Å². The summed E-state index contributed by atoms with van der Waals surface area (Å²) in [6, 6.07) is 8.06. The van der Waals surface area contributed by atoms with E-state index in [1.54, 1.807) is 4.68 Å². The highest BCUT2D eigenvalue weighted by molar-refractivity contribution is 5.35. The van der Waals surface area contributed by atoms with Crippen molar-refractivity contribution >= 4 is 0 Å². The van der Waals surface area contributed by atoms with Crippen LogP contribution in [0.5, 0.6) is 0 Å². The zero-order valence-corrected chi connectivity index (χ0v) is 12.7. The molecule has 2 rings (SSSR count). The molecule has 0 aliphatic rings. The zero-order chi connectivity index (χ0) is 14.5. The molecule has 0 aliphatic heterocycles. The Morgan fingerprint density at radius 1 is 1.05 bits per heavy atom. The summed E-state index contributed by atoms with van der Waals surface area (Å²) in [5.41, 5.74) is 4.31. The normalized spacial score (nSPS) is 10.9. The lowest BCUT2D eigenvalue weighted by atomic mass is 10.1. The lowest BCUT2D eigenvalue weighted by Crippen LogP contribution is -2.17. The first-order valence-corrected chi connectivity index (χ1v) is 7.57. The third kappa shape index (κ3) is 3.03. The fraction of sp³-hybridized carbons (Fsp3) is 0.471. The van der Waals surface area contributed by atoms with Gasteiger partial charge in [0.05, 0.1) is 5.69 Å². The molecule has 1 N–H and O–H groups in total. The monoisotopic (exact) mass is 272 g/mol. The van der Waals surface area contributed by atoms with E-state index < -0.39 is 0 Å². The van der Waals surface area contributed by atoms with Crippen LogP contribution < -0.4 is 5.56 Å². The molecule has 0 bridgehead atoms. The highest BCUT2D eigenvalue weighted by Crippen LogP contribution is 2.12. The Hall–Kier alpha value is -1.77. The summed E-state index contributed by atoms with van der Waals surface area (Å²) < 4.78 is 1.69. The summed E-state index contributed by atoms with van der Waals surface area (Å²) in [6.07, 6.45) is 5.04. The van der Waals surface area contributed by atoms with Gasteiger partial charge in [0.2, 0.25) is 0 Å². The first-order valence-electron chi connectivity index (χ1n) is 7.57. The molecule has 0 radical (unpaired) electrons. The molecule has 0 fully saturated rings. The number of nitrogens with one attached hydrogen (secondary N) is 1. The largest absolute Gasteiger partial charge is 0.295 e. The molecule has 1 heterocycles. The van der Waals surface area contributed by atoms with Crippen LogP contribution in [0.4, 0.5) is 0 Å². The summed E-state index contributed by atoms with van der Waals surface area (Å²) in [5, 5.41) is 3.30. The van der Waals surface area contributed by atoms with Crippen LogP contribution in [0.2, 0.25) is 0 Å². The van der Waals surface area contributed by atoms with Crippen molar-refractivity contribution in [1.29, 1.82) is 0 Å². The molecule has 0 spiro atoms. The van der Waals surface area contributed by atoms with Gasteiger partial charge >= 0.3 is 0 Å². The van der Waals surface area contributed by atoms with Crippen molar-refractivity contribution < 1.29 is 0 Å². The molecule has 20 heavy (non-hydrogen) atoms. The Labute approximate surface area is 120 Å². The number of hydrogen-bond acceptors (Lipinski definition) is 1. The van der Waals surface area contributed by atoms with Gasteiger partial charge in [-0.05, 0) is 38.3 Å². The van der Waals surface area contributed by atoms with Gasteiger partial charge in [0, 0.05) is 11.3 Å². The molecule has 3 heteroatoms. The van der Waals surface area contributed by atoms with Crippen LogP contribution in [0, 0.1) is 6.92 Å². The third-order valence-corrected chi connectivity index (χ3v) is 3.64. The van der Waals surface area contributed by atoms with Crippen molar-refractivity contribution in [2.75, 3.05) is 0 Å². The van der Waals surface area contributed by atoms with Gasteiger partial charge in [-0.25, -0.2) is 4.68 Å². The zero-order valence-electron chi connectivity index (χ0n) is 12.7. The molecular formula is C17H24N2O. The minimum absolute atomic E-state index is 0.116. The van der Waals surface area contributed by atoms with Crippen molar-refractivity contribution in [3.05, 3.63) is 51.4 Å². The summed E-state index contributed by atoms with van der Waals surface area (Å²) in [7, 11) is 0. The van der Waals surface area contributed by atoms with E-state index >= 15 is 0 Å². The van der Waals surface area contributed by atoms with E-state index in [4.69, 9.17) is 0 Å². The predicted molar refractivity (Wildman–Crippen MR) is 83.7 cm³/mol. The summed E-state index contributed by atoms with van der Waals surface area (Å²) in [4.78, 5) is 12.6. The second kappa shape index (κ2) is 6.60. The van der Waals surface area contributed by atoms with Crippen LogP contribution in [0.25, 0.3) is 5.69 Å². The number of aromatic amines is 1. The number of benzene rings is 1. The molecule has 0 amide bonds. The van der Waals surface area contributed by atoms with Crippen LogP contribution >= 0.6 is 0 Å². The molecule has 2 aromatic rings. The fourth-order valence-electron chi connectivity index (χ4n) is 2.46. The number of unbranched alkanes of at least 4 members (excludes halogenated alkanes) is 1. The fourth-order valence-corrected chi connectivity index (χ4v) is 2.46. The van der Waals surface area contributed by atoms with Gasteiger partial charge in [0.1, 0.15) is 0 Å². The van der Waals surface area contributed by atoms with Crippen molar-refractivity contribution in [3.63, 3.8) is 0 Å². The number of aryl methyl sites for hydroxylation is 2. The molecule has 0 saturated carbocycles. The number of H-pyrrole nitrogens is 1. The van der Waals surface area contributed by atoms with Crippen LogP contribution in [-0.2, 0) is 12.8 Å². The molecule has 1 aromatic heterocycles. The lowest BCUT2D eigenvalue weighted by molar-refractivity contribution is 0.773. The van der Waals surface area contributed by atoms with E-state index in [0.29, 0.717) is 0 Å². The van der Waals surface area contributed by atoms with E-state index in [9.17, 15) is 4.79 Å². The van der Waals surface area contributed by atoms with Gasteiger partial charge in [-0.1, -0.05) is 44.4 Å². The average molecular weight is 272 g/mol. The predicted octanol–water partition coefficient (Wildman–Crippen LogP) is 3.77. The minimum Gasteiger partial charge on any atom is -0.295 e. The van der Waals surface area contributed by atoms with Crippen LogP contribution in [0.3, 0.4) is 0 Å². The standard InChI is InChI=1S/C17H24N2O/c1-4-6-8-15-16(7-5-2)18-19(17(15)20)14-11-9-13(3)10-12-14/h9-12,18H,4-8H2,1-3H3. The number of aromatic nitrogens is 2. The highest BCUT2D eigenvalue weighted by atomic mass is 16.1. The second-order valence-electron chi connectivity index (χ2n) is 5.40. The van der Waals surface area contributed by atoms with E-state index in [1.807, 2.05) is 24.3 Å². The summed E-state index contributed by atoms with van der Waals surface area (Å²) in [5.74, 6) is 0. The van der Waals surface area contributed by atoms with Gasteiger partial charge < -0.3 is 0 Å². The maximum Gasteiger partial charge on any atom is 0.274 e.